The van der Waals surface area contributed by atoms with Crippen molar-refractivity contribution in [1.29, 1.82) is 0 Å². The molecule has 0 atom stereocenters. The summed E-state index contributed by atoms with van der Waals surface area (Å²) in [4.78, 5) is 14.0. The van der Waals surface area contributed by atoms with Crippen LogP contribution in [0.4, 0.5) is 17.8 Å². The third-order valence-electron chi connectivity index (χ3n) is 2.44. The van der Waals surface area contributed by atoms with Crippen LogP contribution in [-0.4, -0.2) is 88.0 Å². The first-order valence-electron chi connectivity index (χ1n) is 6.67. The van der Waals surface area contributed by atoms with E-state index in [1.165, 1.54) is 0 Å². The van der Waals surface area contributed by atoms with Gasteiger partial charge in [0.25, 0.3) is 0 Å². The summed E-state index contributed by atoms with van der Waals surface area (Å²) >= 11 is 0. The molecule has 0 aliphatic rings. The maximum atomic E-state index is 9.05. The lowest BCUT2D eigenvalue weighted by atomic mass is 10.5. The van der Waals surface area contributed by atoms with Crippen LogP contribution >= 0.6 is 0 Å². The Morgan fingerprint density at radius 1 is 0.714 bits per heavy atom. The van der Waals surface area contributed by atoms with Gasteiger partial charge in [0.2, 0.25) is 17.8 Å². The fraction of sp³-hybridized carbons (Fsp3) is 0.727. The fourth-order valence-corrected chi connectivity index (χ4v) is 1.55. The summed E-state index contributed by atoms with van der Waals surface area (Å²) < 4.78 is 0. The van der Waals surface area contributed by atoms with Crippen LogP contribution in [0.5, 0.6) is 0 Å². The van der Waals surface area contributed by atoms with Crippen LogP contribution in [-0.2, 0) is 0 Å². The van der Waals surface area contributed by atoms with Crippen molar-refractivity contribution in [2.75, 3.05) is 68.1 Å². The first-order chi connectivity index (χ1) is 10.2. The number of anilines is 3. The predicted octanol–water partition coefficient (Wildman–Crippen LogP) is -2.53. The molecule has 0 radical (unpaired) electrons. The third kappa shape index (κ3) is 6.04. The minimum Gasteiger partial charge on any atom is -0.395 e. The Hall–Kier alpha value is -1.75. The number of aliphatic hydroxyl groups excluding tert-OH is 4. The molecule has 120 valence electrons. The highest BCUT2D eigenvalue weighted by atomic mass is 16.3. The monoisotopic (exact) mass is 302 g/mol. The molecule has 6 N–H and O–H groups in total. The molecule has 0 unspecified atom stereocenters. The molecule has 10 heteroatoms. The quantitative estimate of drug-likeness (QED) is 0.258. The lowest BCUT2D eigenvalue weighted by Gasteiger charge is -2.21. The van der Waals surface area contributed by atoms with E-state index < -0.39 is 0 Å². The van der Waals surface area contributed by atoms with Crippen molar-refractivity contribution in [2.24, 2.45) is 0 Å². The fourth-order valence-electron chi connectivity index (χ4n) is 1.55. The zero-order chi connectivity index (χ0) is 15.5. The van der Waals surface area contributed by atoms with Crippen LogP contribution in [0.2, 0.25) is 0 Å². The van der Waals surface area contributed by atoms with Crippen LogP contribution in [0.1, 0.15) is 0 Å². The highest BCUT2D eigenvalue weighted by molar-refractivity contribution is 5.43. The van der Waals surface area contributed by atoms with Gasteiger partial charge in [0.1, 0.15) is 0 Å². The van der Waals surface area contributed by atoms with Crippen LogP contribution < -0.4 is 15.5 Å². The molecule has 0 aliphatic carbocycles. The molecule has 0 saturated heterocycles. The average Bonchev–Trinajstić information content (AvgIpc) is 2.50. The van der Waals surface area contributed by atoms with Crippen molar-refractivity contribution in [3.63, 3.8) is 0 Å². The molecule has 1 heterocycles. The van der Waals surface area contributed by atoms with E-state index in [0.717, 1.165) is 0 Å². The Kier molecular flexibility index (Phi) is 8.28. The minimum absolute atomic E-state index is 0.0720. The molecular formula is C11H22N6O4. The first-order valence-corrected chi connectivity index (χ1v) is 6.67. The van der Waals surface area contributed by atoms with Gasteiger partial charge in [0.05, 0.1) is 26.4 Å². The third-order valence-corrected chi connectivity index (χ3v) is 2.44. The molecule has 0 aromatic carbocycles. The summed E-state index contributed by atoms with van der Waals surface area (Å²) in [6.45, 7) is 0.739. The van der Waals surface area contributed by atoms with E-state index in [-0.39, 0.29) is 70.5 Å². The van der Waals surface area contributed by atoms with Gasteiger partial charge in [0, 0.05) is 26.2 Å². The van der Waals surface area contributed by atoms with Crippen LogP contribution in [0, 0.1) is 0 Å². The highest BCUT2D eigenvalue weighted by Crippen LogP contribution is 2.13. The largest absolute Gasteiger partial charge is 0.395 e. The van der Waals surface area contributed by atoms with Crippen molar-refractivity contribution in [3.8, 4) is 0 Å². The number of nitrogens with one attached hydrogen (secondary N) is 2. The van der Waals surface area contributed by atoms with Crippen molar-refractivity contribution < 1.29 is 20.4 Å². The first kappa shape index (κ1) is 17.3. The number of aliphatic hydroxyl groups is 4. The Bertz CT molecular complexity index is 376. The normalized spacial score (nSPS) is 10.5. The number of nitrogens with zero attached hydrogens (tertiary/aromatic N) is 4. The minimum atomic E-state index is -0.107. The van der Waals surface area contributed by atoms with Gasteiger partial charge in [-0.3, -0.25) is 0 Å². The van der Waals surface area contributed by atoms with Gasteiger partial charge in [-0.2, -0.15) is 15.0 Å². The van der Waals surface area contributed by atoms with Gasteiger partial charge in [-0.05, 0) is 0 Å². The zero-order valence-corrected chi connectivity index (χ0v) is 11.7. The van der Waals surface area contributed by atoms with E-state index in [1.54, 1.807) is 4.90 Å². The molecule has 0 aliphatic heterocycles. The molecule has 1 aromatic heterocycles. The lowest BCUT2D eigenvalue weighted by molar-refractivity contribution is 0.280. The smallest absolute Gasteiger partial charge is 0.232 e. The molecule has 0 bridgehead atoms. The van der Waals surface area contributed by atoms with Gasteiger partial charge in [-0.15, -0.1) is 0 Å². The van der Waals surface area contributed by atoms with Gasteiger partial charge >= 0.3 is 0 Å². The standard InChI is InChI=1S/C11H22N6O4/c18-5-1-12-9-14-10(13-2-6-19)16-11(15-9)17(3-7-20)4-8-21/h18-21H,1-8H2,(H2,12,13,14,15,16). The molecule has 0 fully saturated rings. The Morgan fingerprint density at radius 2 is 1.19 bits per heavy atom. The highest BCUT2D eigenvalue weighted by Gasteiger charge is 2.13. The predicted molar refractivity (Wildman–Crippen MR) is 77.4 cm³/mol. The van der Waals surface area contributed by atoms with Crippen molar-refractivity contribution in [3.05, 3.63) is 0 Å². The van der Waals surface area contributed by atoms with Gasteiger partial charge in [-0.25, -0.2) is 0 Å². The molecule has 1 rings (SSSR count). The summed E-state index contributed by atoms with van der Waals surface area (Å²) in [5, 5.41) is 41.4. The summed E-state index contributed by atoms with van der Waals surface area (Å²) in [7, 11) is 0. The van der Waals surface area contributed by atoms with E-state index >= 15 is 0 Å². The summed E-state index contributed by atoms with van der Waals surface area (Å²) in [6.07, 6.45) is 0. The maximum absolute atomic E-state index is 9.05. The summed E-state index contributed by atoms with van der Waals surface area (Å²) in [5.74, 6) is 0.805. The van der Waals surface area contributed by atoms with Crippen molar-refractivity contribution in [2.45, 2.75) is 0 Å². The topological polar surface area (TPSA) is 147 Å². The molecule has 1 aromatic rings. The Morgan fingerprint density at radius 3 is 1.57 bits per heavy atom. The molecule has 0 spiro atoms. The van der Waals surface area contributed by atoms with Gasteiger partial charge in [0.15, 0.2) is 0 Å². The second-order valence-corrected chi connectivity index (χ2v) is 4.02. The average molecular weight is 302 g/mol. The van der Waals surface area contributed by atoms with Crippen molar-refractivity contribution in [1.82, 2.24) is 15.0 Å². The lowest BCUT2D eigenvalue weighted by Crippen LogP contribution is -2.32. The van der Waals surface area contributed by atoms with Crippen molar-refractivity contribution >= 4 is 17.8 Å². The summed E-state index contributed by atoms with van der Waals surface area (Å²) in [6, 6.07) is 0. The molecule has 0 saturated carbocycles. The Labute approximate surface area is 122 Å². The van der Waals surface area contributed by atoms with E-state index in [9.17, 15) is 0 Å². The second kappa shape index (κ2) is 10.0. The van der Waals surface area contributed by atoms with Crippen LogP contribution in [0.3, 0.4) is 0 Å². The molecule has 0 amide bonds. The number of rotatable bonds is 11. The Balaban J connectivity index is 2.96. The van der Waals surface area contributed by atoms with E-state index in [4.69, 9.17) is 20.4 Å². The van der Waals surface area contributed by atoms with Gasteiger partial charge < -0.3 is 36.0 Å². The number of hydrogen-bond acceptors (Lipinski definition) is 10. The second-order valence-electron chi connectivity index (χ2n) is 4.02. The van der Waals surface area contributed by atoms with Crippen LogP contribution in [0.25, 0.3) is 0 Å². The summed E-state index contributed by atoms with van der Waals surface area (Å²) in [5.41, 5.74) is 0. The molecular weight excluding hydrogens is 280 g/mol. The molecule has 10 nitrogen and oxygen atoms in total. The van der Waals surface area contributed by atoms with E-state index in [1.807, 2.05) is 0 Å². The zero-order valence-electron chi connectivity index (χ0n) is 11.7. The van der Waals surface area contributed by atoms with Gasteiger partial charge in [-0.1, -0.05) is 0 Å². The maximum Gasteiger partial charge on any atom is 0.232 e. The van der Waals surface area contributed by atoms with E-state index in [0.29, 0.717) is 0 Å². The SMILES string of the molecule is OCCNc1nc(NCCO)nc(N(CCO)CCO)n1. The number of aromatic nitrogens is 3. The van der Waals surface area contributed by atoms with E-state index in [2.05, 4.69) is 25.6 Å². The number of hydrogen-bond donors (Lipinski definition) is 6. The molecule has 21 heavy (non-hydrogen) atoms. The van der Waals surface area contributed by atoms with Crippen LogP contribution in [0.15, 0.2) is 0 Å².